The maximum Gasteiger partial charge on any atom is 0.294 e. The first-order valence-corrected chi connectivity index (χ1v) is 16.7. The van der Waals surface area contributed by atoms with Crippen LogP contribution in [-0.2, 0) is 6.42 Å². The minimum atomic E-state index is -0.343. The van der Waals surface area contributed by atoms with E-state index in [1.807, 2.05) is 24.3 Å². The number of nitrogens with one attached hydrogen (secondary N) is 2. The summed E-state index contributed by atoms with van der Waals surface area (Å²) in [5.74, 6) is 1.41. The number of imidazole rings is 1. The van der Waals surface area contributed by atoms with E-state index in [0.29, 0.717) is 58.9 Å². The number of anilines is 3. The number of nitro benzene ring substituents is 1. The maximum absolute atomic E-state index is 12.4. The van der Waals surface area contributed by atoms with E-state index in [0.717, 1.165) is 68.6 Å². The van der Waals surface area contributed by atoms with Crippen molar-refractivity contribution in [1.82, 2.24) is 29.7 Å². The van der Waals surface area contributed by atoms with Crippen LogP contribution in [0.4, 0.5) is 23.0 Å². The van der Waals surface area contributed by atoms with Crippen LogP contribution in [0.25, 0.3) is 33.6 Å². The molecule has 49 heavy (non-hydrogen) atoms. The van der Waals surface area contributed by atoms with E-state index in [-0.39, 0.29) is 23.2 Å². The molecule has 0 saturated carbocycles. The number of furan rings is 1. The summed E-state index contributed by atoms with van der Waals surface area (Å²) in [6, 6.07) is 13.3. The second kappa shape index (κ2) is 14.2. The Kier molecular flexibility index (Phi) is 9.42. The number of rotatable bonds is 11. The molecule has 0 aliphatic carbocycles. The summed E-state index contributed by atoms with van der Waals surface area (Å²) in [6.07, 6.45) is 6.30. The lowest BCUT2D eigenvalue weighted by atomic mass is 10.0. The van der Waals surface area contributed by atoms with E-state index >= 15 is 0 Å². The van der Waals surface area contributed by atoms with Gasteiger partial charge in [0.15, 0.2) is 0 Å². The van der Waals surface area contributed by atoms with Crippen molar-refractivity contribution in [2.45, 2.75) is 31.7 Å². The molecule has 3 aromatic heterocycles. The number of benzene rings is 2. The van der Waals surface area contributed by atoms with E-state index in [9.17, 15) is 15.2 Å². The summed E-state index contributed by atoms with van der Waals surface area (Å²) >= 11 is 0. The van der Waals surface area contributed by atoms with Crippen molar-refractivity contribution in [3.63, 3.8) is 0 Å². The van der Waals surface area contributed by atoms with Gasteiger partial charge in [-0.2, -0.15) is 0 Å². The highest BCUT2D eigenvalue weighted by Crippen LogP contribution is 2.41. The van der Waals surface area contributed by atoms with Gasteiger partial charge >= 0.3 is 0 Å². The number of nitro groups is 1. The first-order valence-electron chi connectivity index (χ1n) is 16.7. The number of aliphatic hydroxyl groups is 1. The number of fused-ring (bicyclic) bond motifs is 1. The molecule has 5 aromatic rings. The molecule has 2 aromatic carbocycles. The fourth-order valence-corrected chi connectivity index (χ4v) is 6.84. The highest BCUT2D eigenvalue weighted by atomic mass is 16.6. The first kappa shape index (κ1) is 32.5. The molecule has 2 aliphatic heterocycles. The first-order chi connectivity index (χ1) is 23.9. The molecule has 14 heteroatoms. The molecule has 0 radical (unpaired) electrons. The van der Waals surface area contributed by atoms with Crippen molar-refractivity contribution >= 4 is 34.0 Å². The van der Waals surface area contributed by atoms with Crippen LogP contribution in [0, 0.1) is 10.1 Å². The quantitative estimate of drug-likeness (QED) is 0.127. The number of aryl methyl sites for hydroxylation is 1. The fourth-order valence-electron chi connectivity index (χ4n) is 6.84. The van der Waals surface area contributed by atoms with Crippen molar-refractivity contribution in [2.75, 3.05) is 70.2 Å². The summed E-state index contributed by atoms with van der Waals surface area (Å²) in [5.41, 5.74) is 4.45. The number of piperazine rings is 1. The largest absolute Gasteiger partial charge is 0.494 e. The number of aliphatic hydroxyl groups excluding tert-OH is 1. The molecule has 5 heterocycles. The van der Waals surface area contributed by atoms with Crippen LogP contribution in [0.3, 0.4) is 0 Å². The van der Waals surface area contributed by atoms with Crippen LogP contribution < -0.4 is 15.0 Å². The average Bonchev–Trinajstić information content (AvgIpc) is 3.78. The number of hydrogen-bond donors (Lipinski definition) is 3. The van der Waals surface area contributed by atoms with Crippen molar-refractivity contribution in [1.29, 1.82) is 0 Å². The lowest BCUT2D eigenvalue weighted by Gasteiger charge is -2.42. The molecule has 2 fully saturated rings. The summed E-state index contributed by atoms with van der Waals surface area (Å²) in [5, 5.41) is 26.0. The molecule has 7 rings (SSSR count). The monoisotopic (exact) mass is 667 g/mol. The van der Waals surface area contributed by atoms with Crippen LogP contribution in [0.2, 0.25) is 0 Å². The molecule has 14 nitrogen and oxygen atoms in total. The Morgan fingerprint density at radius 3 is 2.65 bits per heavy atom. The molecular weight excluding hydrogens is 626 g/mol. The molecule has 0 bridgehead atoms. The Hall–Kier alpha value is -5.05. The van der Waals surface area contributed by atoms with Gasteiger partial charge in [-0.15, -0.1) is 0 Å². The van der Waals surface area contributed by atoms with Crippen LogP contribution in [-0.4, -0.2) is 106 Å². The second-order valence-electron chi connectivity index (χ2n) is 12.7. The van der Waals surface area contributed by atoms with Crippen molar-refractivity contribution in [3.05, 3.63) is 70.9 Å². The Labute approximate surface area is 283 Å². The van der Waals surface area contributed by atoms with Crippen LogP contribution in [0.15, 0.2) is 59.3 Å². The maximum atomic E-state index is 12.4. The molecule has 2 aliphatic rings. The minimum Gasteiger partial charge on any atom is -0.494 e. The summed E-state index contributed by atoms with van der Waals surface area (Å²) < 4.78 is 11.4. The SMILES string of the molecule is COc1cc(N2CCC(N3CCN(C)CC3)CC2)c([N+](=O)[O-])cc1Nc1nccc(-c2[nH]c(CCCO)nc2-c2ccc3ccoc3c2)n1. The molecule has 256 valence electrons. The van der Waals surface area contributed by atoms with Crippen LogP contribution in [0.1, 0.15) is 25.1 Å². The van der Waals surface area contributed by atoms with Gasteiger partial charge in [0, 0.05) is 87.6 Å². The molecule has 0 amide bonds. The Morgan fingerprint density at radius 2 is 1.90 bits per heavy atom. The van der Waals surface area contributed by atoms with Gasteiger partial charge in [-0.05, 0) is 44.5 Å². The Morgan fingerprint density at radius 1 is 1.08 bits per heavy atom. The molecule has 2 saturated heterocycles. The van der Waals surface area contributed by atoms with Crippen molar-refractivity contribution in [3.8, 4) is 28.4 Å². The van der Waals surface area contributed by atoms with Gasteiger partial charge in [0.05, 0.1) is 41.1 Å². The van der Waals surface area contributed by atoms with E-state index in [1.165, 1.54) is 6.07 Å². The topological polar surface area (TPSA) is 162 Å². The van der Waals surface area contributed by atoms with Crippen molar-refractivity contribution < 1.29 is 19.2 Å². The molecule has 0 unspecified atom stereocenters. The normalized spacial score (nSPS) is 16.3. The van der Waals surface area contributed by atoms with E-state index < -0.39 is 0 Å². The van der Waals surface area contributed by atoms with Gasteiger partial charge in [-0.25, -0.2) is 15.0 Å². The third-order valence-corrected chi connectivity index (χ3v) is 9.57. The average molecular weight is 668 g/mol. The van der Waals surface area contributed by atoms with Gasteiger partial charge in [-0.1, -0.05) is 12.1 Å². The van der Waals surface area contributed by atoms with Gasteiger partial charge in [0.1, 0.15) is 22.8 Å². The van der Waals surface area contributed by atoms with E-state index in [1.54, 1.807) is 31.7 Å². The summed E-state index contributed by atoms with van der Waals surface area (Å²) in [4.78, 5) is 36.5. The third-order valence-electron chi connectivity index (χ3n) is 9.57. The van der Waals surface area contributed by atoms with E-state index in [4.69, 9.17) is 19.1 Å². The van der Waals surface area contributed by atoms with Gasteiger partial charge in [0.2, 0.25) is 5.95 Å². The fraction of sp³-hybridized carbons (Fsp3) is 0.400. The highest BCUT2D eigenvalue weighted by molar-refractivity contribution is 5.86. The standard InChI is InChI=1S/C35H41N9O5/c1-41-14-16-42(17-15-41)25-8-12-43(13-9-25)28-22-31(48-2)27(21-29(28)44(46)47)38-35-36-11-7-26(37-35)34-33(39-32(40-34)4-3-18-45)24-6-5-23-10-19-49-30(23)20-24/h5-7,10-11,19-22,25,45H,3-4,8-9,12-18H2,1-2H3,(H,39,40)(H,36,37,38). The van der Waals surface area contributed by atoms with Crippen LogP contribution >= 0.6 is 0 Å². The number of aromatic amines is 1. The Balaban J connectivity index is 1.15. The van der Waals surface area contributed by atoms with Crippen molar-refractivity contribution in [2.24, 2.45) is 0 Å². The van der Waals surface area contributed by atoms with Gasteiger partial charge in [-0.3, -0.25) is 15.0 Å². The number of hydrogen-bond acceptors (Lipinski definition) is 12. The lowest BCUT2D eigenvalue weighted by Crippen LogP contribution is -2.52. The molecule has 0 spiro atoms. The summed E-state index contributed by atoms with van der Waals surface area (Å²) in [7, 11) is 3.71. The second-order valence-corrected chi connectivity index (χ2v) is 12.7. The lowest BCUT2D eigenvalue weighted by molar-refractivity contribution is -0.384. The zero-order chi connectivity index (χ0) is 33.9. The smallest absolute Gasteiger partial charge is 0.294 e. The number of ether oxygens (including phenoxy) is 1. The molecular formula is C35H41N9O5. The number of likely N-dealkylation sites (N-methyl/N-ethyl adjacent to an activating group) is 1. The number of nitrogens with zero attached hydrogens (tertiary/aromatic N) is 7. The number of aromatic nitrogens is 4. The van der Waals surface area contributed by atoms with E-state index in [2.05, 4.69) is 37.0 Å². The number of piperidine rings is 1. The predicted molar refractivity (Wildman–Crippen MR) is 187 cm³/mol. The minimum absolute atomic E-state index is 0.00444. The van der Waals surface area contributed by atoms with Gasteiger partial charge < -0.3 is 34.4 Å². The number of H-pyrrole nitrogens is 1. The third kappa shape index (κ3) is 6.93. The molecule has 0 atom stereocenters. The Bertz CT molecular complexity index is 1930. The molecule has 3 N–H and O–H groups in total. The highest BCUT2D eigenvalue weighted by Gasteiger charge is 2.30. The predicted octanol–water partition coefficient (Wildman–Crippen LogP) is 5.08. The zero-order valence-corrected chi connectivity index (χ0v) is 27.8. The number of methoxy groups -OCH3 is 1. The zero-order valence-electron chi connectivity index (χ0n) is 27.8. The van der Waals surface area contributed by atoms with Crippen LogP contribution in [0.5, 0.6) is 5.75 Å². The summed E-state index contributed by atoms with van der Waals surface area (Å²) in [6.45, 7) is 5.78. The van der Waals surface area contributed by atoms with Gasteiger partial charge in [0.25, 0.3) is 5.69 Å².